The van der Waals surface area contributed by atoms with Crippen LogP contribution in [0.4, 0.5) is 0 Å². The zero-order chi connectivity index (χ0) is 18.9. The number of hydrogen-bond acceptors (Lipinski definition) is 5. The van der Waals surface area contributed by atoms with Gasteiger partial charge in [-0.05, 0) is 36.2 Å². The molecule has 2 aliphatic rings. The molecule has 2 aromatic carbocycles. The van der Waals surface area contributed by atoms with Gasteiger partial charge in [-0.3, -0.25) is 9.59 Å². The van der Waals surface area contributed by atoms with E-state index in [1.54, 1.807) is 14.2 Å². The first kappa shape index (κ1) is 16.1. The van der Waals surface area contributed by atoms with Gasteiger partial charge in [0.15, 0.2) is 11.5 Å². The second-order valence-corrected chi connectivity index (χ2v) is 7.35. The minimum absolute atomic E-state index is 0.0359. The van der Waals surface area contributed by atoms with Crippen LogP contribution >= 0.6 is 0 Å². The number of methoxy groups -OCH3 is 2. The molecule has 5 nitrogen and oxygen atoms in total. The van der Waals surface area contributed by atoms with Gasteiger partial charge in [0.1, 0.15) is 17.8 Å². The number of carbonyl (C=O) groups excluding carboxylic acids is 2. The van der Waals surface area contributed by atoms with E-state index in [0.717, 1.165) is 27.6 Å². The van der Waals surface area contributed by atoms with Crippen molar-refractivity contribution in [2.24, 2.45) is 0 Å². The van der Waals surface area contributed by atoms with Crippen molar-refractivity contribution in [3.05, 3.63) is 58.5 Å². The molecule has 136 valence electrons. The van der Waals surface area contributed by atoms with Crippen LogP contribution in [-0.4, -0.2) is 25.8 Å². The Morgan fingerprint density at radius 3 is 2.33 bits per heavy atom. The number of carbonyl (C=O) groups is 2. The van der Waals surface area contributed by atoms with Gasteiger partial charge in [-0.1, -0.05) is 6.92 Å². The molecule has 0 bridgehead atoms. The van der Waals surface area contributed by atoms with E-state index in [1.165, 1.54) is 6.26 Å². The molecule has 1 atom stereocenters. The Morgan fingerprint density at radius 2 is 1.67 bits per heavy atom. The summed E-state index contributed by atoms with van der Waals surface area (Å²) in [5.41, 5.74) is 2.33. The van der Waals surface area contributed by atoms with Gasteiger partial charge in [-0.15, -0.1) is 0 Å². The van der Waals surface area contributed by atoms with Crippen molar-refractivity contribution in [3.63, 3.8) is 0 Å². The normalized spacial score (nSPS) is 20.4. The molecule has 0 radical (unpaired) electrons. The lowest BCUT2D eigenvalue weighted by molar-refractivity contribution is 0.0958. The van der Waals surface area contributed by atoms with Crippen LogP contribution in [0.25, 0.3) is 10.8 Å². The van der Waals surface area contributed by atoms with E-state index in [9.17, 15) is 9.59 Å². The zero-order valence-electron chi connectivity index (χ0n) is 15.3. The molecule has 1 heterocycles. The van der Waals surface area contributed by atoms with Crippen LogP contribution < -0.4 is 9.47 Å². The topological polar surface area (TPSA) is 65.7 Å². The average Bonchev–Trinajstić information content (AvgIpc) is 3.15. The predicted molar refractivity (Wildman–Crippen MR) is 99.2 cm³/mol. The lowest BCUT2D eigenvalue weighted by atomic mass is 9.62. The Morgan fingerprint density at radius 1 is 1.00 bits per heavy atom. The number of hydrogen-bond donors (Lipinski definition) is 0. The maximum Gasteiger partial charge on any atom is 0.228 e. The van der Waals surface area contributed by atoms with Crippen LogP contribution in [0, 0.1) is 0 Å². The third kappa shape index (κ3) is 1.89. The fourth-order valence-electron chi connectivity index (χ4n) is 4.63. The number of benzene rings is 2. The average molecular weight is 362 g/mol. The largest absolute Gasteiger partial charge is 0.496 e. The van der Waals surface area contributed by atoms with E-state index in [1.807, 2.05) is 24.3 Å². The molecular formula is C22H18O5. The lowest BCUT2D eigenvalue weighted by Crippen LogP contribution is -2.37. The number of furan rings is 1. The quantitative estimate of drug-likeness (QED) is 0.681. The molecule has 0 saturated carbocycles. The highest BCUT2D eigenvalue weighted by Crippen LogP contribution is 2.51. The second kappa shape index (κ2) is 5.22. The van der Waals surface area contributed by atoms with Gasteiger partial charge < -0.3 is 13.9 Å². The van der Waals surface area contributed by atoms with Crippen LogP contribution in [0.15, 0.2) is 34.9 Å². The smallest absolute Gasteiger partial charge is 0.228 e. The van der Waals surface area contributed by atoms with E-state index in [0.29, 0.717) is 29.7 Å². The van der Waals surface area contributed by atoms with E-state index in [2.05, 4.69) is 6.92 Å². The van der Waals surface area contributed by atoms with Crippen molar-refractivity contribution in [1.29, 1.82) is 0 Å². The summed E-state index contributed by atoms with van der Waals surface area (Å²) in [6.07, 6.45) is 2.52. The summed E-state index contributed by atoms with van der Waals surface area (Å²) in [6.45, 7) is 2.08. The molecule has 0 amide bonds. The van der Waals surface area contributed by atoms with E-state index in [4.69, 9.17) is 13.9 Å². The fourth-order valence-corrected chi connectivity index (χ4v) is 4.63. The molecule has 0 aliphatic heterocycles. The van der Waals surface area contributed by atoms with Gasteiger partial charge in [0, 0.05) is 33.7 Å². The van der Waals surface area contributed by atoms with Crippen molar-refractivity contribution in [3.8, 4) is 11.5 Å². The minimum atomic E-state index is -0.447. The Kier molecular flexibility index (Phi) is 3.12. The van der Waals surface area contributed by atoms with Crippen molar-refractivity contribution >= 4 is 22.3 Å². The first-order valence-corrected chi connectivity index (χ1v) is 8.88. The molecule has 0 saturated heterocycles. The molecule has 0 unspecified atom stereocenters. The Balaban J connectivity index is 1.89. The molecule has 1 aromatic heterocycles. The molecule has 2 aliphatic carbocycles. The maximum atomic E-state index is 13.2. The molecule has 0 fully saturated rings. The monoisotopic (exact) mass is 362 g/mol. The van der Waals surface area contributed by atoms with Crippen LogP contribution in [0.5, 0.6) is 11.5 Å². The summed E-state index contributed by atoms with van der Waals surface area (Å²) in [6, 6.07) is 7.57. The molecule has 5 heteroatoms. The third-order valence-electron chi connectivity index (χ3n) is 6.06. The molecule has 3 aromatic rings. The van der Waals surface area contributed by atoms with Gasteiger partial charge in [0.25, 0.3) is 0 Å². The number of ketones is 2. The number of fused-ring (bicyclic) bond motifs is 3. The Bertz CT molecular complexity index is 1150. The van der Waals surface area contributed by atoms with Crippen molar-refractivity contribution in [1.82, 2.24) is 0 Å². The maximum absolute atomic E-state index is 13.2. The van der Waals surface area contributed by atoms with Gasteiger partial charge >= 0.3 is 0 Å². The molecule has 5 rings (SSSR count). The van der Waals surface area contributed by atoms with E-state index < -0.39 is 5.41 Å². The standard InChI is InChI=1S/C22H18O5/c1-22-7-6-16(23)14-10-27-21(19(14)22)20(24)13-8-11-12(9-15(13)22)18(26-3)5-4-17(11)25-2/h4-5,8-10H,6-7H2,1-3H3/t22-/m0/s1. The first-order chi connectivity index (χ1) is 13.0. The highest BCUT2D eigenvalue weighted by molar-refractivity contribution is 6.16. The summed E-state index contributed by atoms with van der Waals surface area (Å²) in [5.74, 6) is 1.53. The SMILES string of the molecule is COc1ccc(OC)c2cc3c(cc12)C(=O)c1occ2c1[C@@]3(C)CCC2=O. The molecule has 0 N–H and O–H groups in total. The van der Waals surface area contributed by atoms with Crippen molar-refractivity contribution in [2.75, 3.05) is 14.2 Å². The van der Waals surface area contributed by atoms with Gasteiger partial charge in [0.05, 0.1) is 19.8 Å². The summed E-state index contributed by atoms with van der Waals surface area (Å²) >= 11 is 0. The van der Waals surface area contributed by atoms with E-state index >= 15 is 0 Å². The number of ether oxygens (including phenoxy) is 2. The Labute approximate surface area is 155 Å². The molecule has 27 heavy (non-hydrogen) atoms. The van der Waals surface area contributed by atoms with Crippen molar-refractivity contribution in [2.45, 2.75) is 25.2 Å². The first-order valence-electron chi connectivity index (χ1n) is 8.88. The lowest BCUT2D eigenvalue weighted by Gasteiger charge is -2.38. The number of Topliss-reactive ketones (excluding diaryl/α,β-unsaturated/α-hetero) is 1. The minimum Gasteiger partial charge on any atom is -0.496 e. The Hall–Kier alpha value is -3.08. The molecular weight excluding hydrogens is 344 g/mol. The van der Waals surface area contributed by atoms with Crippen LogP contribution in [-0.2, 0) is 5.41 Å². The highest BCUT2D eigenvalue weighted by Gasteiger charge is 2.48. The van der Waals surface area contributed by atoms with E-state index in [-0.39, 0.29) is 17.3 Å². The van der Waals surface area contributed by atoms with Crippen molar-refractivity contribution < 1.29 is 23.5 Å². The number of rotatable bonds is 2. The second-order valence-electron chi connectivity index (χ2n) is 7.35. The van der Waals surface area contributed by atoms with Crippen LogP contribution in [0.2, 0.25) is 0 Å². The van der Waals surface area contributed by atoms with Gasteiger partial charge in [-0.25, -0.2) is 0 Å². The summed E-state index contributed by atoms with van der Waals surface area (Å²) in [5, 5.41) is 1.70. The van der Waals surface area contributed by atoms with Gasteiger partial charge in [-0.2, -0.15) is 0 Å². The fraction of sp³-hybridized carbons (Fsp3) is 0.273. The zero-order valence-corrected chi connectivity index (χ0v) is 15.3. The van der Waals surface area contributed by atoms with Gasteiger partial charge in [0.2, 0.25) is 5.78 Å². The summed E-state index contributed by atoms with van der Waals surface area (Å²) in [4.78, 5) is 25.5. The summed E-state index contributed by atoms with van der Waals surface area (Å²) in [7, 11) is 3.23. The van der Waals surface area contributed by atoms with Crippen LogP contribution in [0.1, 0.15) is 57.4 Å². The highest BCUT2D eigenvalue weighted by atomic mass is 16.5. The predicted octanol–water partition coefficient (Wildman–Crippen LogP) is 4.28. The summed E-state index contributed by atoms with van der Waals surface area (Å²) < 4.78 is 16.6. The third-order valence-corrected chi connectivity index (χ3v) is 6.06. The molecule has 0 spiro atoms. The van der Waals surface area contributed by atoms with Crippen LogP contribution in [0.3, 0.4) is 0 Å².